The van der Waals surface area contributed by atoms with Crippen molar-refractivity contribution < 1.29 is 13.5 Å². The number of nitrogens with zero attached hydrogens (tertiary/aromatic N) is 3. The molecule has 7 nitrogen and oxygen atoms in total. The zero-order valence-corrected chi connectivity index (χ0v) is 10.9. The minimum Gasteiger partial charge on any atom is -0.392 e. The standard InChI is InChI=1S/C11H14N4O3S/c12-10-11(15-5-2-1-3-9(15)13-10)19(17,18)14-6-4-8(16)7-14/h1-3,5,8,16H,4,6-7,12H2. The molecule has 0 aliphatic carbocycles. The van der Waals surface area contributed by atoms with Crippen LogP contribution in [0.15, 0.2) is 29.4 Å². The van der Waals surface area contributed by atoms with Crippen LogP contribution in [-0.4, -0.2) is 46.4 Å². The number of pyridine rings is 1. The van der Waals surface area contributed by atoms with Gasteiger partial charge in [0.15, 0.2) is 10.8 Å². The van der Waals surface area contributed by atoms with Gasteiger partial charge in [0, 0.05) is 19.3 Å². The van der Waals surface area contributed by atoms with Crippen LogP contribution >= 0.6 is 0 Å². The second-order valence-electron chi connectivity index (χ2n) is 4.54. The topological polar surface area (TPSA) is 101 Å². The molecule has 1 fully saturated rings. The molecule has 1 aliphatic heterocycles. The Hall–Kier alpha value is -1.64. The highest BCUT2D eigenvalue weighted by Crippen LogP contribution is 2.26. The van der Waals surface area contributed by atoms with Gasteiger partial charge in [-0.05, 0) is 18.6 Å². The fraction of sp³-hybridized carbons (Fsp3) is 0.364. The second kappa shape index (κ2) is 4.19. The Morgan fingerprint density at radius 2 is 2.21 bits per heavy atom. The van der Waals surface area contributed by atoms with Crippen LogP contribution in [0.4, 0.5) is 5.82 Å². The van der Waals surface area contributed by atoms with E-state index in [-0.39, 0.29) is 17.4 Å². The van der Waals surface area contributed by atoms with Crippen molar-refractivity contribution in [2.45, 2.75) is 17.6 Å². The number of imidazole rings is 1. The van der Waals surface area contributed by atoms with Gasteiger partial charge in [-0.2, -0.15) is 4.31 Å². The number of nitrogens with two attached hydrogens (primary N) is 1. The van der Waals surface area contributed by atoms with E-state index in [9.17, 15) is 13.5 Å². The first kappa shape index (κ1) is 12.4. The summed E-state index contributed by atoms with van der Waals surface area (Å²) in [5, 5.41) is 9.45. The Bertz CT molecular complexity index is 725. The average molecular weight is 282 g/mol. The molecule has 0 saturated carbocycles. The quantitative estimate of drug-likeness (QED) is 0.785. The van der Waals surface area contributed by atoms with Crippen LogP contribution in [0.3, 0.4) is 0 Å². The molecule has 3 N–H and O–H groups in total. The summed E-state index contributed by atoms with van der Waals surface area (Å²) in [5.41, 5.74) is 6.23. The highest BCUT2D eigenvalue weighted by molar-refractivity contribution is 7.89. The zero-order valence-electron chi connectivity index (χ0n) is 10.1. The van der Waals surface area contributed by atoms with E-state index in [4.69, 9.17) is 5.73 Å². The van der Waals surface area contributed by atoms with Crippen molar-refractivity contribution in [3.05, 3.63) is 24.4 Å². The van der Waals surface area contributed by atoms with Gasteiger partial charge in [-0.1, -0.05) is 6.07 Å². The summed E-state index contributed by atoms with van der Waals surface area (Å²) in [4.78, 5) is 4.04. The number of rotatable bonds is 2. The Balaban J connectivity index is 2.16. The fourth-order valence-electron chi connectivity index (χ4n) is 2.30. The van der Waals surface area contributed by atoms with Crippen LogP contribution in [-0.2, 0) is 10.0 Å². The number of aliphatic hydroxyl groups is 1. The Labute approximate surface area is 110 Å². The van der Waals surface area contributed by atoms with Crippen molar-refractivity contribution >= 4 is 21.5 Å². The molecule has 0 spiro atoms. The second-order valence-corrected chi connectivity index (χ2v) is 6.39. The van der Waals surface area contributed by atoms with Crippen molar-refractivity contribution in [2.24, 2.45) is 0 Å². The van der Waals surface area contributed by atoms with Crippen molar-refractivity contribution in [1.82, 2.24) is 13.7 Å². The van der Waals surface area contributed by atoms with Gasteiger partial charge < -0.3 is 10.8 Å². The first-order chi connectivity index (χ1) is 9.00. The smallest absolute Gasteiger partial charge is 0.262 e. The average Bonchev–Trinajstić information content (AvgIpc) is 2.92. The van der Waals surface area contributed by atoms with Gasteiger partial charge in [0.2, 0.25) is 0 Å². The predicted molar refractivity (Wildman–Crippen MR) is 69.0 cm³/mol. The summed E-state index contributed by atoms with van der Waals surface area (Å²) in [6.45, 7) is 0.394. The maximum absolute atomic E-state index is 12.5. The molecule has 3 rings (SSSR count). The highest BCUT2D eigenvalue weighted by Gasteiger charge is 2.35. The third kappa shape index (κ3) is 1.88. The number of hydrogen-bond acceptors (Lipinski definition) is 5. The number of sulfonamides is 1. The molecule has 3 heterocycles. The first-order valence-electron chi connectivity index (χ1n) is 5.91. The van der Waals surface area contributed by atoms with Gasteiger partial charge in [0.05, 0.1) is 6.10 Å². The minimum atomic E-state index is -3.74. The molecule has 8 heteroatoms. The molecule has 1 saturated heterocycles. The molecular formula is C11H14N4O3S. The summed E-state index contributed by atoms with van der Waals surface area (Å²) in [7, 11) is -3.74. The summed E-state index contributed by atoms with van der Waals surface area (Å²) in [6.07, 6.45) is 1.43. The third-order valence-electron chi connectivity index (χ3n) is 3.22. The largest absolute Gasteiger partial charge is 0.392 e. The zero-order chi connectivity index (χ0) is 13.6. The molecule has 0 amide bonds. The summed E-state index contributed by atoms with van der Waals surface area (Å²) in [5.74, 6) is -0.0208. The Kier molecular flexibility index (Phi) is 2.73. The number of aromatic nitrogens is 2. The molecule has 1 aliphatic rings. The van der Waals surface area contributed by atoms with Crippen molar-refractivity contribution in [2.75, 3.05) is 18.8 Å². The van der Waals surface area contributed by atoms with Gasteiger partial charge in [-0.25, -0.2) is 13.4 Å². The summed E-state index contributed by atoms with van der Waals surface area (Å²) >= 11 is 0. The summed E-state index contributed by atoms with van der Waals surface area (Å²) in [6, 6.07) is 5.16. The van der Waals surface area contributed by atoms with Crippen LogP contribution in [0.1, 0.15) is 6.42 Å². The lowest BCUT2D eigenvalue weighted by Crippen LogP contribution is -2.31. The molecule has 1 unspecified atom stereocenters. The van der Waals surface area contributed by atoms with E-state index in [1.807, 2.05) is 0 Å². The van der Waals surface area contributed by atoms with Crippen LogP contribution < -0.4 is 5.73 Å². The molecule has 19 heavy (non-hydrogen) atoms. The molecule has 0 bridgehead atoms. The Morgan fingerprint density at radius 1 is 1.42 bits per heavy atom. The first-order valence-corrected chi connectivity index (χ1v) is 7.35. The lowest BCUT2D eigenvalue weighted by Gasteiger charge is -2.15. The third-order valence-corrected chi connectivity index (χ3v) is 5.13. The molecule has 2 aromatic heterocycles. The van der Waals surface area contributed by atoms with E-state index in [0.717, 1.165) is 0 Å². The van der Waals surface area contributed by atoms with Gasteiger partial charge in [-0.3, -0.25) is 4.40 Å². The van der Waals surface area contributed by atoms with E-state index in [0.29, 0.717) is 18.6 Å². The molecule has 1 atom stereocenters. The number of aliphatic hydroxyl groups excluding tert-OH is 1. The maximum Gasteiger partial charge on any atom is 0.262 e. The SMILES string of the molecule is Nc1nc2ccccn2c1S(=O)(=O)N1CCC(O)C1. The van der Waals surface area contributed by atoms with Crippen LogP contribution in [0, 0.1) is 0 Å². The van der Waals surface area contributed by atoms with E-state index in [2.05, 4.69) is 4.98 Å². The predicted octanol–water partition coefficient (Wildman–Crippen LogP) is -0.328. The van der Waals surface area contributed by atoms with E-state index >= 15 is 0 Å². The van der Waals surface area contributed by atoms with E-state index in [1.54, 1.807) is 24.4 Å². The number of β-amino-alcohol motifs (C(OH)–C–C–N with tert-alkyl or cyclic N) is 1. The van der Waals surface area contributed by atoms with Gasteiger partial charge >= 0.3 is 0 Å². The normalized spacial score (nSPS) is 21.2. The molecule has 2 aromatic rings. The van der Waals surface area contributed by atoms with Crippen molar-refractivity contribution in [1.29, 1.82) is 0 Å². The van der Waals surface area contributed by atoms with Crippen LogP contribution in [0.25, 0.3) is 5.65 Å². The highest BCUT2D eigenvalue weighted by atomic mass is 32.2. The van der Waals surface area contributed by atoms with E-state index < -0.39 is 16.1 Å². The van der Waals surface area contributed by atoms with Gasteiger partial charge in [0.1, 0.15) is 5.65 Å². The summed E-state index contributed by atoms with van der Waals surface area (Å²) < 4.78 is 27.8. The fourth-order valence-corrected chi connectivity index (χ4v) is 3.97. The molecule has 102 valence electrons. The van der Waals surface area contributed by atoms with Gasteiger partial charge in [-0.15, -0.1) is 0 Å². The number of fused-ring (bicyclic) bond motifs is 1. The maximum atomic E-state index is 12.5. The van der Waals surface area contributed by atoms with E-state index in [1.165, 1.54) is 8.71 Å². The lowest BCUT2D eigenvalue weighted by molar-refractivity contribution is 0.189. The van der Waals surface area contributed by atoms with Crippen LogP contribution in [0.2, 0.25) is 0 Å². The molecular weight excluding hydrogens is 268 g/mol. The van der Waals surface area contributed by atoms with Crippen molar-refractivity contribution in [3.63, 3.8) is 0 Å². The number of anilines is 1. The number of nitrogen functional groups attached to an aromatic ring is 1. The van der Waals surface area contributed by atoms with Gasteiger partial charge in [0.25, 0.3) is 10.0 Å². The minimum absolute atomic E-state index is 0.0208. The van der Waals surface area contributed by atoms with Crippen LogP contribution in [0.5, 0.6) is 0 Å². The molecule has 0 radical (unpaired) electrons. The number of hydrogen-bond donors (Lipinski definition) is 2. The van der Waals surface area contributed by atoms with Crippen molar-refractivity contribution in [3.8, 4) is 0 Å². The molecule has 0 aromatic carbocycles. The monoisotopic (exact) mass is 282 g/mol. The lowest BCUT2D eigenvalue weighted by atomic mass is 10.3. The Morgan fingerprint density at radius 3 is 2.89 bits per heavy atom.